The number of aliphatic hydroxyl groups is 2. The molecule has 1 saturated heterocycles. The molecule has 2 rings (SSSR count). The molecule has 1 aliphatic rings. The van der Waals surface area contributed by atoms with Gasteiger partial charge in [0, 0.05) is 6.20 Å². The molecule has 21 heavy (non-hydrogen) atoms. The molecule has 0 spiro atoms. The van der Waals surface area contributed by atoms with Crippen LogP contribution < -0.4 is 17.2 Å². The van der Waals surface area contributed by atoms with Gasteiger partial charge in [-0.15, -0.1) is 0 Å². The summed E-state index contributed by atoms with van der Waals surface area (Å²) in [6.07, 6.45) is -5.05. The number of rotatable bonds is 3. The Balaban J connectivity index is 2.32. The van der Waals surface area contributed by atoms with Gasteiger partial charge in [0.2, 0.25) is 0 Å². The SMILES string of the molecule is Nc1ccn([C@@H]2O[C@H]([C@H](N)P(=O)(O)O)[C@@H](O)[C@H]2O)c(=O)n1. The number of nitrogens with zero attached hydrogens (tertiary/aromatic N) is 2. The molecule has 0 aromatic carbocycles. The lowest BCUT2D eigenvalue weighted by molar-refractivity contribution is -0.0416. The highest BCUT2D eigenvalue weighted by molar-refractivity contribution is 7.52. The second-order valence-corrected chi connectivity index (χ2v) is 6.37. The fourth-order valence-corrected chi connectivity index (χ4v) is 2.64. The Kier molecular flexibility index (Phi) is 4.17. The van der Waals surface area contributed by atoms with Crippen LogP contribution in [-0.2, 0) is 9.30 Å². The van der Waals surface area contributed by atoms with Gasteiger partial charge < -0.3 is 36.2 Å². The summed E-state index contributed by atoms with van der Waals surface area (Å²) in [5, 5.41) is 19.7. The highest BCUT2D eigenvalue weighted by atomic mass is 31.2. The molecule has 0 aliphatic carbocycles. The minimum atomic E-state index is -4.75. The molecule has 12 heteroatoms. The van der Waals surface area contributed by atoms with Gasteiger partial charge in [0.15, 0.2) is 6.23 Å². The molecule has 2 heterocycles. The lowest BCUT2D eigenvalue weighted by Crippen LogP contribution is -2.43. The van der Waals surface area contributed by atoms with Gasteiger partial charge >= 0.3 is 13.3 Å². The molecule has 1 aliphatic heterocycles. The topological polar surface area (TPSA) is 194 Å². The van der Waals surface area contributed by atoms with E-state index < -0.39 is 43.6 Å². The van der Waals surface area contributed by atoms with Crippen LogP contribution in [0.3, 0.4) is 0 Å². The van der Waals surface area contributed by atoms with Crippen molar-refractivity contribution in [3.8, 4) is 0 Å². The van der Waals surface area contributed by atoms with Gasteiger partial charge in [-0.3, -0.25) is 9.13 Å². The summed E-state index contributed by atoms with van der Waals surface area (Å²) >= 11 is 0. The van der Waals surface area contributed by atoms with Crippen LogP contribution in [0.15, 0.2) is 17.1 Å². The smallest absolute Gasteiger partial charge is 0.351 e. The second-order valence-electron chi connectivity index (χ2n) is 4.59. The van der Waals surface area contributed by atoms with E-state index in [1.54, 1.807) is 0 Å². The van der Waals surface area contributed by atoms with Crippen molar-refractivity contribution in [2.45, 2.75) is 30.3 Å². The number of nitrogen functional groups attached to an aromatic ring is 1. The van der Waals surface area contributed by atoms with E-state index in [2.05, 4.69) is 4.98 Å². The van der Waals surface area contributed by atoms with Crippen molar-refractivity contribution in [3.05, 3.63) is 22.7 Å². The van der Waals surface area contributed by atoms with Crippen LogP contribution in [0.1, 0.15) is 6.23 Å². The number of anilines is 1. The van der Waals surface area contributed by atoms with Crippen molar-refractivity contribution in [1.82, 2.24) is 9.55 Å². The predicted molar refractivity (Wildman–Crippen MR) is 68.9 cm³/mol. The third-order valence-corrected chi connectivity index (χ3v) is 4.20. The first-order valence-electron chi connectivity index (χ1n) is 5.80. The van der Waals surface area contributed by atoms with Crippen molar-refractivity contribution in [3.63, 3.8) is 0 Å². The van der Waals surface area contributed by atoms with Crippen LogP contribution in [0.25, 0.3) is 0 Å². The van der Waals surface area contributed by atoms with E-state index in [-0.39, 0.29) is 5.82 Å². The molecule has 11 nitrogen and oxygen atoms in total. The predicted octanol–water partition coefficient (Wildman–Crippen LogP) is -3.09. The van der Waals surface area contributed by atoms with Gasteiger partial charge in [-0.2, -0.15) is 4.98 Å². The molecular formula is C9H15N4O7P. The minimum absolute atomic E-state index is 0.0484. The number of aromatic nitrogens is 2. The van der Waals surface area contributed by atoms with Gasteiger partial charge in [0.1, 0.15) is 29.9 Å². The van der Waals surface area contributed by atoms with E-state index >= 15 is 0 Å². The number of nitrogens with two attached hydrogens (primary N) is 2. The number of aliphatic hydroxyl groups excluding tert-OH is 2. The Labute approximate surface area is 117 Å². The molecular weight excluding hydrogens is 307 g/mol. The van der Waals surface area contributed by atoms with Crippen molar-refractivity contribution in [2.75, 3.05) is 5.73 Å². The Bertz CT molecular complexity index is 631. The molecule has 5 atom stereocenters. The number of ether oxygens (including phenoxy) is 1. The third kappa shape index (κ3) is 2.99. The third-order valence-electron chi connectivity index (χ3n) is 3.13. The summed E-state index contributed by atoms with van der Waals surface area (Å²) in [5.41, 5.74) is 9.80. The van der Waals surface area contributed by atoms with Crippen LogP contribution in [0, 0.1) is 0 Å². The fourth-order valence-electron chi connectivity index (χ4n) is 2.01. The van der Waals surface area contributed by atoms with E-state index in [4.69, 9.17) is 26.0 Å². The lowest BCUT2D eigenvalue weighted by Gasteiger charge is -2.22. The quantitative estimate of drug-likeness (QED) is 0.310. The number of hydrogen-bond donors (Lipinski definition) is 6. The molecule has 0 radical (unpaired) electrons. The maximum absolute atomic E-state index is 11.7. The van der Waals surface area contributed by atoms with Crippen molar-refractivity contribution >= 4 is 13.4 Å². The van der Waals surface area contributed by atoms with Gasteiger partial charge in [0.05, 0.1) is 0 Å². The average Bonchev–Trinajstić information content (AvgIpc) is 2.65. The highest BCUT2D eigenvalue weighted by Gasteiger charge is 2.50. The Morgan fingerprint density at radius 2 is 2.00 bits per heavy atom. The Morgan fingerprint density at radius 3 is 2.52 bits per heavy atom. The van der Waals surface area contributed by atoms with Gasteiger partial charge in [-0.1, -0.05) is 0 Å². The number of hydrogen-bond acceptors (Lipinski definition) is 8. The van der Waals surface area contributed by atoms with Crippen molar-refractivity contribution in [2.24, 2.45) is 5.73 Å². The fraction of sp³-hybridized carbons (Fsp3) is 0.556. The Morgan fingerprint density at radius 1 is 1.38 bits per heavy atom. The standard InChI is InChI=1S/C9H15N4O7P/c10-3-1-2-13(9(16)12-3)8-5(15)4(14)6(20-8)7(11)21(17,18)19/h1-2,4-8,14-15H,11H2,(H2,10,12,16)(H2,17,18,19)/t4-,5+,6-,7+,8+/m0/s1. The minimum Gasteiger partial charge on any atom is -0.387 e. The molecule has 1 aromatic heterocycles. The summed E-state index contributed by atoms with van der Waals surface area (Å²) in [7, 11) is -4.75. The highest BCUT2D eigenvalue weighted by Crippen LogP contribution is 2.44. The zero-order valence-electron chi connectivity index (χ0n) is 10.6. The zero-order valence-corrected chi connectivity index (χ0v) is 11.4. The van der Waals surface area contributed by atoms with Crippen molar-refractivity contribution in [1.29, 1.82) is 0 Å². The molecule has 0 unspecified atom stereocenters. The summed E-state index contributed by atoms with van der Waals surface area (Å²) in [6.45, 7) is 0. The van der Waals surface area contributed by atoms with E-state index in [9.17, 15) is 19.6 Å². The normalized spacial score (nSPS) is 31.3. The summed E-state index contributed by atoms with van der Waals surface area (Å²) in [6, 6.07) is 1.26. The molecule has 8 N–H and O–H groups in total. The molecule has 118 valence electrons. The van der Waals surface area contributed by atoms with Gasteiger partial charge in [-0.05, 0) is 6.07 Å². The van der Waals surface area contributed by atoms with Crippen LogP contribution in [0.5, 0.6) is 0 Å². The maximum atomic E-state index is 11.7. The first-order valence-corrected chi connectivity index (χ1v) is 7.48. The molecule has 0 bridgehead atoms. The second kappa shape index (κ2) is 5.46. The molecule has 0 amide bonds. The Hall–Kier alpha value is -1.33. The van der Waals surface area contributed by atoms with Crippen molar-refractivity contribution < 1.29 is 29.3 Å². The van der Waals surface area contributed by atoms with E-state index in [0.29, 0.717) is 0 Å². The maximum Gasteiger partial charge on any atom is 0.351 e. The van der Waals surface area contributed by atoms with Crippen LogP contribution in [0.2, 0.25) is 0 Å². The molecule has 1 aromatic rings. The summed E-state index contributed by atoms with van der Waals surface area (Å²) in [4.78, 5) is 33.1. The monoisotopic (exact) mass is 322 g/mol. The van der Waals surface area contributed by atoms with Crippen LogP contribution in [-0.4, -0.2) is 53.6 Å². The van der Waals surface area contributed by atoms with Gasteiger partial charge in [-0.25, -0.2) is 4.79 Å². The first kappa shape index (κ1) is 16.0. The summed E-state index contributed by atoms with van der Waals surface area (Å²) < 4.78 is 17.1. The molecule has 0 saturated carbocycles. The first-order chi connectivity index (χ1) is 9.62. The lowest BCUT2D eigenvalue weighted by atomic mass is 10.1. The molecule has 1 fully saturated rings. The van der Waals surface area contributed by atoms with Crippen LogP contribution in [0.4, 0.5) is 5.82 Å². The van der Waals surface area contributed by atoms with E-state index in [0.717, 1.165) is 4.57 Å². The largest absolute Gasteiger partial charge is 0.387 e. The van der Waals surface area contributed by atoms with Crippen LogP contribution >= 0.6 is 7.60 Å². The average molecular weight is 322 g/mol. The van der Waals surface area contributed by atoms with Gasteiger partial charge in [0.25, 0.3) is 0 Å². The van der Waals surface area contributed by atoms with E-state index in [1.165, 1.54) is 12.3 Å². The van der Waals surface area contributed by atoms with E-state index in [1.807, 2.05) is 0 Å². The summed E-state index contributed by atoms with van der Waals surface area (Å²) in [5.74, 6) is -1.89. The zero-order chi connectivity index (χ0) is 15.9.